The van der Waals surface area contributed by atoms with Crippen LogP contribution in [0.15, 0.2) is 65.2 Å². The Morgan fingerprint density at radius 1 is 1.04 bits per heavy atom. The predicted molar refractivity (Wildman–Crippen MR) is 90.6 cm³/mol. The average molecular weight is 329 g/mol. The number of hydrogen-bond acceptors (Lipinski definition) is 4. The standard InChI is InChI=1S/C18H17ClN2O2/c19-15-6-4-14(5-7-15)17-9-8-16(23-17)13-20-11-12-22-18-3-1-2-10-21-18/h1-10,20H,11-13H2. The van der Waals surface area contributed by atoms with E-state index in [0.29, 0.717) is 25.6 Å². The first-order valence-electron chi connectivity index (χ1n) is 7.40. The van der Waals surface area contributed by atoms with Gasteiger partial charge in [-0.1, -0.05) is 17.7 Å². The van der Waals surface area contributed by atoms with Crippen molar-refractivity contribution < 1.29 is 9.15 Å². The quantitative estimate of drug-likeness (QED) is 0.661. The molecule has 0 radical (unpaired) electrons. The number of nitrogens with zero attached hydrogens (tertiary/aromatic N) is 1. The molecule has 0 unspecified atom stereocenters. The van der Waals surface area contributed by atoms with Crippen molar-refractivity contribution in [2.75, 3.05) is 13.2 Å². The average Bonchev–Trinajstić information content (AvgIpc) is 3.05. The molecule has 0 aliphatic rings. The summed E-state index contributed by atoms with van der Waals surface area (Å²) in [6.45, 7) is 1.93. The lowest BCUT2D eigenvalue weighted by atomic mass is 10.2. The third kappa shape index (κ3) is 4.58. The zero-order valence-electron chi connectivity index (χ0n) is 12.5. The van der Waals surface area contributed by atoms with Crippen LogP contribution >= 0.6 is 11.6 Å². The first-order valence-corrected chi connectivity index (χ1v) is 7.78. The Hall–Kier alpha value is -2.30. The number of ether oxygens (including phenoxy) is 1. The van der Waals surface area contributed by atoms with Crippen LogP contribution in [0.3, 0.4) is 0 Å². The maximum atomic E-state index is 5.89. The molecule has 2 heterocycles. The summed E-state index contributed by atoms with van der Waals surface area (Å²) < 4.78 is 11.3. The number of halogens is 1. The van der Waals surface area contributed by atoms with Gasteiger partial charge in [0.1, 0.15) is 18.1 Å². The van der Waals surface area contributed by atoms with Gasteiger partial charge in [0.05, 0.1) is 6.54 Å². The van der Waals surface area contributed by atoms with Crippen LogP contribution in [0.5, 0.6) is 5.88 Å². The second kappa shape index (κ2) is 7.81. The Kier molecular flexibility index (Phi) is 5.29. The van der Waals surface area contributed by atoms with Gasteiger partial charge in [0, 0.05) is 29.4 Å². The third-order valence-electron chi connectivity index (χ3n) is 3.26. The van der Waals surface area contributed by atoms with Gasteiger partial charge in [-0.25, -0.2) is 4.98 Å². The number of nitrogens with one attached hydrogen (secondary N) is 1. The van der Waals surface area contributed by atoms with Gasteiger partial charge in [-0.15, -0.1) is 0 Å². The van der Waals surface area contributed by atoms with Crippen molar-refractivity contribution in [3.63, 3.8) is 0 Å². The van der Waals surface area contributed by atoms with Crippen LogP contribution in [0.25, 0.3) is 11.3 Å². The maximum absolute atomic E-state index is 5.89. The van der Waals surface area contributed by atoms with E-state index in [1.165, 1.54) is 0 Å². The van der Waals surface area contributed by atoms with Gasteiger partial charge >= 0.3 is 0 Å². The number of pyridine rings is 1. The van der Waals surface area contributed by atoms with E-state index in [4.69, 9.17) is 20.8 Å². The number of aromatic nitrogens is 1. The van der Waals surface area contributed by atoms with E-state index in [1.807, 2.05) is 54.6 Å². The van der Waals surface area contributed by atoms with E-state index in [9.17, 15) is 0 Å². The lowest BCUT2D eigenvalue weighted by Gasteiger charge is -2.05. The van der Waals surface area contributed by atoms with Crippen LogP contribution in [0.4, 0.5) is 0 Å². The van der Waals surface area contributed by atoms with Crippen molar-refractivity contribution in [1.29, 1.82) is 0 Å². The first kappa shape index (κ1) is 15.6. The molecule has 23 heavy (non-hydrogen) atoms. The van der Waals surface area contributed by atoms with E-state index in [1.54, 1.807) is 6.20 Å². The second-order valence-corrected chi connectivity index (χ2v) is 5.40. The highest BCUT2D eigenvalue weighted by atomic mass is 35.5. The van der Waals surface area contributed by atoms with Crippen LogP contribution < -0.4 is 10.1 Å². The zero-order chi connectivity index (χ0) is 15.9. The van der Waals surface area contributed by atoms with E-state index in [0.717, 1.165) is 22.1 Å². The van der Waals surface area contributed by atoms with Gasteiger partial charge in [0.2, 0.25) is 5.88 Å². The molecule has 2 aromatic heterocycles. The molecule has 0 saturated heterocycles. The van der Waals surface area contributed by atoms with Crippen LogP contribution in [-0.2, 0) is 6.54 Å². The monoisotopic (exact) mass is 328 g/mol. The van der Waals surface area contributed by atoms with Crippen LogP contribution in [0, 0.1) is 0 Å². The largest absolute Gasteiger partial charge is 0.476 e. The van der Waals surface area contributed by atoms with E-state index < -0.39 is 0 Å². The highest BCUT2D eigenvalue weighted by molar-refractivity contribution is 6.30. The van der Waals surface area contributed by atoms with Crippen molar-refractivity contribution in [1.82, 2.24) is 10.3 Å². The highest BCUT2D eigenvalue weighted by Crippen LogP contribution is 2.23. The zero-order valence-corrected chi connectivity index (χ0v) is 13.3. The molecule has 0 bridgehead atoms. The molecule has 1 N–H and O–H groups in total. The van der Waals surface area contributed by atoms with Gasteiger partial charge in [0.25, 0.3) is 0 Å². The van der Waals surface area contributed by atoms with Crippen molar-refractivity contribution in [2.45, 2.75) is 6.54 Å². The molecule has 118 valence electrons. The fourth-order valence-electron chi connectivity index (χ4n) is 2.11. The van der Waals surface area contributed by atoms with E-state index in [-0.39, 0.29) is 0 Å². The molecule has 3 rings (SSSR count). The minimum atomic E-state index is 0.557. The molecule has 0 saturated carbocycles. The Balaban J connectivity index is 1.43. The lowest BCUT2D eigenvalue weighted by Crippen LogP contribution is -2.20. The summed E-state index contributed by atoms with van der Waals surface area (Å²) >= 11 is 5.89. The van der Waals surface area contributed by atoms with Crippen molar-refractivity contribution in [3.05, 3.63) is 71.6 Å². The molecular formula is C18H17ClN2O2. The molecule has 0 spiro atoms. The highest BCUT2D eigenvalue weighted by Gasteiger charge is 2.04. The molecule has 0 atom stereocenters. The van der Waals surface area contributed by atoms with Gasteiger partial charge in [-0.3, -0.25) is 0 Å². The topological polar surface area (TPSA) is 47.3 Å². The molecule has 4 nitrogen and oxygen atoms in total. The summed E-state index contributed by atoms with van der Waals surface area (Å²) in [5.74, 6) is 2.35. The Morgan fingerprint density at radius 3 is 2.70 bits per heavy atom. The van der Waals surface area contributed by atoms with Gasteiger partial charge in [-0.05, 0) is 42.5 Å². The lowest BCUT2D eigenvalue weighted by molar-refractivity contribution is 0.300. The Morgan fingerprint density at radius 2 is 1.91 bits per heavy atom. The van der Waals surface area contributed by atoms with Crippen LogP contribution in [0.2, 0.25) is 5.02 Å². The van der Waals surface area contributed by atoms with Gasteiger partial charge in [0.15, 0.2) is 0 Å². The first-order chi connectivity index (χ1) is 11.3. The van der Waals surface area contributed by atoms with Crippen LogP contribution in [-0.4, -0.2) is 18.1 Å². The van der Waals surface area contributed by atoms with Gasteiger partial charge < -0.3 is 14.5 Å². The van der Waals surface area contributed by atoms with E-state index >= 15 is 0 Å². The molecule has 0 fully saturated rings. The summed E-state index contributed by atoms with van der Waals surface area (Å²) in [6, 6.07) is 17.1. The molecule has 5 heteroatoms. The maximum Gasteiger partial charge on any atom is 0.213 e. The molecule has 1 aromatic carbocycles. The Bertz CT molecular complexity index is 726. The Labute approximate surface area is 140 Å². The normalized spacial score (nSPS) is 10.7. The second-order valence-electron chi connectivity index (χ2n) is 4.97. The smallest absolute Gasteiger partial charge is 0.213 e. The minimum Gasteiger partial charge on any atom is -0.476 e. The minimum absolute atomic E-state index is 0.557. The predicted octanol–water partition coefficient (Wildman–Crippen LogP) is 4.16. The summed E-state index contributed by atoms with van der Waals surface area (Å²) in [7, 11) is 0. The molecule has 0 amide bonds. The number of rotatable bonds is 7. The van der Waals surface area contributed by atoms with Gasteiger partial charge in [-0.2, -0.15) is 0 Å². The third-order valence-corrected chi connectivity index (χ3v) is 3.51. The fourth-order valence-corrected chi connectivity index (χ4v) is 2.24. The summed E-state index contributed by atoms with van der Waals surface area (Å²) in [5, 5.41) is 4.00. The molecular weight excluding hydrogens is 312 g/mol. The van der Waals surface area contributed by atoms with Crippen molar-refractivity contribution >= 4 is 11.6 Å². The molecule has 0 aliphatic carbocycles. The summed E-state index contributed by atoms with van der Waals surface area (Å²) in [5.41, 5.74) is 1.01. The number of benzene rings is 1. The molecule has 0 aliphatic heterocycles. The van der Waals surface area contributed by atoms with Crippen LogP contribution in [0.1, 0.15) is 5.76 Å². The van der Waals surface area contributed by atoms with E-state index in [2.05, 4.69) is 10.3 Å². The van der Waals surface area contributed by atoms with Crippen molar-refractivity contribution in [3.8, 4) is 17.2 Å². The fraction of sp³-hybridized carbons (Fsp3) is 0.167. The molecule has 3 aromatic rings. The SMILES string of the molecule is Clc1ccc(-c2ccc(CNCCOc3ccccn3)o2)cc1. The number of furan rings is 1. The summed E-state index contributed by atoms with van der Waals surface area (Å²) in [6.07, 6.45) is 1.71. The summed E-state index contributed by atoms with van der Waals surface area (Å²) in [4.78, 5) is 4.10. The number of hydrogen-bond donors (Lipinski definition) is 1. The van der Waals surface area contributed by atoms with Crippen molar-refractivity contribution in [2.24, 2.45) is 0 Å².